The van der Waals surface area contributed by atoms with E-state index in [1.807, 2.05) is 29.2 Å². The van der Waals surface area contributed by atoms with E-state index in [4.69, 9.17) is 0 Å². The van der Waals surface area contributed by atoms with Gasteiger partial charge in [-0.15, -0.1) is 0 Å². The van der Waals surface area contributed by atoms with Crippen LogP contribution in [-0.2, 0) is 11.3 Å². The molecule has 2 N–H and O–H groups in total. The van der Waals surface area contributed by atoms with E-state index in [-0.39, 0.29) is 11.8 Å². The van der Waals surface area contributed by atoms with Gasteiger partial charge in [-0.2, -0.15) is 0 Å². The maximum atomic E-state index is 12.2. The van der Waals surface area contributed by atoms with Crippen LogP contribution in [-0.4, -0.2) is 42.9 Å². The van der Waals surface area contributed by atoms with Crippen LogP contribution in [0.2, 0.25) is 0 Å². The molecular formula is C18H23N3O2. The molecule has 0 aromatic heterocycles. The van der Waals surface area contributed by atoms with Crippen LogP contribution in [0.15, 0.2) is 35.9 Å². The van der Waals surface area contributed by atoms with E-state index in [0.29, 0.717) is 25.1 Å². The molecule has 2 aliphatic rings. The van der Waals surface area contributed by atoms with E-state index in [1.54, 1.807) is 0 Å². The Morgan fingerprint density at radius 3 is 2.70 bits per heavy atom. The Labute approximate surface area is 136 Å². The van der Waals surface area contributed by atoms with Crippen molar-refractivity contribution in [3.8, 4) is 0 Å². The van der Waals surface area contributed by atoms with E-state index in [2.05, 4.69) is 16.7 Å². The summed E-state index contributed by atoms with van der Waals surface area (Å²) in [6, 6.07) is 7.54. The second-order valence-corrected chi connectivity index (χ2v) is 6.11. The van der Waals surface area contributed by atoms with Gasteiger partial charge < -0.3 is 15.5 Å². The lowest BCUT2D eigenvalue weighted by molar-refractivity contribution is -0.128. The summed E-state index contributed by atoms with van der Waals surface area (Å²) in [6.07, 6.45) is 4.74. The SMILES string of the molecule is O=C(NCC1=CCNCC1)c1ccc(CN2CCCC2=O)cc1. The summed E-state index contributed by atoms with van der Waals surface area (Å²) in [5.74, 6) is 0.176. The summed E-state index contributed by atoms with van der Waals surface area (Å²) in [5, 5.41) is 6.22. The van der Waals surface area contributed by atoms with Crippen molar-refractivity contribution in [2.45, 2.75) is 25.8 Å². The van der Waals surface area contributed by atoms with Gasteiger partial charge in [-0.3, -0.25) is 9.59 Å². The molecule has 1 saturated heterocycles. The summed E-state index contributed by atoms with van der Waals surface area (Å²) in [6.45, 7) is 3.96. The number of hydrogen-bond donors (Lipinski definition) is 2. The fraction of sp³-hybridized carbons (Fsp3) is 0.444. The molecule has 23 heavy (non-hydrogen) atoms. The molecule has 0 spiro atoms. The zero-order valence-corrected chi connectivity index (χ0v) is 13.3. The molecule has 0 saturated carbocycles. The zero-order valence-electron chi connectivity index (χ0n) is 13.3. The van der Waals surface area contributed by atoms with Crippen LogP contribution in [0.25, 0.3) is 0 Å². The van der Waals surface area contributed by atoms with Gasteiger partial charge in [0, 0.05) is 38.2 Å². The van der Waals surface area contributed by atoms with Crippen molar-refractivity contribution in [1.82, 2.24) is 15.5 Å². The molecule has 1 aromatic carbocycles. The quantitative estimate of drug-likeness (QED) is 0.809. The van der Waals surface area contributed by atoms with Crippen molar-refractivity contribution < 1.29 is 9.59 Å². The van der Waals surface area contributed by atoms with Crippen molar-refractivity contribution in [2.75, 3.05) is 26.2 Å². The molecule has 3 rings (SSSR count). The largest absolute Gasteiger partial charge is 0.348 e. The zero-order chi connectivity index (χ0) is 16.1. The van der Waals surface area contributed by atoms with Crippen molar-refractivity contribution >= 4 is 11.8 Å². The van der Waals surface area contributed by atoms with Crippen molar-refractivity contribution in [3.63, 3.8) is 0 Å². The van der Waals surface area contributed by atoms with Gasteiger partial charge in [0.25, 0.3) is 5.91 Å². The first kappa shape index (κ1) is 15.7. The van der Waals surface area contributed by atoms with Crippen molar-refractivity contribution in [2.24, 2.45) is 0 Å². The van der Waals surface area contributed by atoms with E-state index in [1.165, 1.54) is 5.57 Å². The van der Waals surface area contributed by atoms with Crippen LogP contribution in [0, 0.1) is 0 Å². The van der Waals surface area contributed by atoms with Crippen LogP contribution in [0.5, 0.6) is 0 Å². The monoisotopic (exact) mass is 313 g/mol. The number of nitrogens with one attached hydrogen (secondary N) is 2. The van der Waals surface area contributed by atoms with Crippen LogP contribution in [0.1, 0.15) is 35.2 Å². The number of likely N-dealkylation sites (tertiary alicyclic amines) is 1. The second-order valence-electron chi connectivity index (χ2n) is 6.11. The minimum Gasteiger partial charge on any atom is -0.348 e. The molecule has 0 radical (unpaired) electrons. The van der Waals surface area contributed by atoms with Crippen molar-refractivity contribution in [3.05, 3.63) is 47.0 Å². The number of benzene rings is 1. The van der Waals surface area contributed by atoms with Gasteiger partial charge in [0.05, 0.1) is 0 Å². The third-order valence-electron chi connectivity index (χ3n) is 4.39. The molecule has 1 fully saturated rings. The topological polar surface area (TPSA) is 61.4 Å². The summed E-state index contributed by atoms with van der Waals surface area (Å²) in [5.41, 5.74) is 3.01. The van der Waals surface area contributed by atoms with Crippen LogP contribution in [0.4, 0.5) is 0 Å². The molecule has 1 aromatic rings. The minimum atomic E-state index is -0.0479. The fourth-order valence-electron chi connectivity index (χ4n) is 2.98. The van der Waals surface area contributed by atoms with Gasteiger partial charge in [0.1, 0.15) is 0 Å². The molecule has 2 heterocycles. The first-order valence-corrected chi connectivity index (χ1v) is 8.26. The smallest absolute Gasteiger partial charge is 0.251 e. The lowest BCUT2D eigenvalue weighted by atomic mass is 10.1. The van der Waals surface area contributed by atoms with Crippen LogP contribution in [0.3, 0.4) is 0 Å². The number of carbonyl (C=O) groups is 2. The highest BCUT2D eigenvalue weighted by molar-refractivity contribution is 5.94. The maximum Gasteiger partial charge on any atom is 0.251 e. The molecule has 5 heteroatoms. The van der Waals surface area contributed by atoms with Gasteiger partial charge >= 0.3 is 0 Å². The van der Waals surface area contributed by atoms with E-state index in [9.17, 15) is 9.59 Å². The Morgan fingerprint density at radius 1 is 1.22 bits per heavy atom. The molecule has 0 aliphatic carbocycles. The molecule has 0 unspecified atom stereocenters. The third-order valence-corrected chi connectivity index (χ3v) is 4.39. The molecule has 0 atom stereocenters. The van der Waals surface area contributed by atoms with Crippen LogP contribution < -0.4 is 10.6 Å². The Balaban J connectivity index is 1.52. The molecule has 122 valence electrons. The minimum absolute atomic E-state index is 0.0479. The normalized spacial score (nSPS) is 18.0. The van der Waals surface area contributed by atoms with Crippen LogP contribution >= 0.6 is 0 Å². The van der Waals surface area contributed by atoms with E-state index >= 15 is 0 Å². The second kappa shape index (κ2) is 7.42. The molecule has 2 aliphatic heterocycles. The summed E-state index contributed by atoms with van der Waals surface area (Å²) in [4.78, 5) is 25.7. The highest BCUT2D eigenvalue weighted by Crippen LogP contribution is 2.15. The number of hydrogen-bond acceptors (Lipinski definition) is 3. The standard InChI is InChI=1S/C18H23N3O2/c22-17-2-1-11-21(17)13-15-3-5-16(6-4-15)18(23)20-12-14-7-9-19-10-8-14/h3-7,19H,1-2,8-13H2,(H,20,23). The Kier molecular flexibility index (Phi) is 5.08. The number of amides is 2. The van der Waals surface area contributed by atoms with Gasteiger partial charge in [0.2, 0.25) is 5.91 Å². The Hall–Kier alpha value is -2.14. The molecule has 5 nitrogen and oxygen atoms in total. The number of rotatable bonds is 5. The summed E-state index contributed by atoms with van der Waals surface area (Å²) in [7, 11) is 0. The predicted molar refractivity (Wildman–Crippen MR) is 89.0 cm³/mol. The summed E-state index contributed by atoms with van der Waals surface area (Å²) >= 11 is 0. The van der Waals surface area contributed by atoms with E-state index < -0.39 is 0 Å². The molecule has 0 bridgehead atoms. The fourth-order valence-corrected chi connectivity index (χ4v) is 2.98. The average Bonchev–Trinajstić information content (AvgIpc) is 2.99. The molecule has 2 amide bonds. The average molecular weight is 313 g/mol. The predicted octanol–water partition coefficient (Wildman–Crippen LogP) is 1.46. The van der Waals surface area contributed by atoms with Gasteiger partial charge in [-0.1, -0.05) is 23.8 Å². The van der Waals surface area contributed by atoms with Crippen molar-refractivity contribution in [1.29, 1.82) is 0 Å². The van der Waals surface area contributed by atoms with Gasteiger partial charge in [0.15, 0.2) is 0 Å². The van der Waals surface area contributed by atoms with Gasteiger partial charge in [-0.25, -0.2) is 0 Å². The number of carbonyl (C=O) groups excluding carboxylic acids is 2. The van der Waals surface area contributed by atoms with E-state index in [0.717, 1.165) is 38.0 Å². The lowest BCUT2D eigenvalue weighted by Gasteiger charge is -2.16. The Morgan fingerprint density at radius 2 is 2.04 bits per heavy atom. The summed E-state index contributed by atoms with van der Waals surface area (Å²) < 4.78 is 0. The first-order chi connectivity index (χ1) is 11.2. The first-order valence-electron chi connectivity index (χ1n) is 8.26. The Bertz CT molecular complexity index is 607. The third kappa shape index (κ3) is 4.20. The highest BCUT2D eigenvalue weighted by atomic mass is 16.2. The lowest BCUT2D eigenvalue weighted by Crippen LogP contribution is -2.29. The molecular weight excluding hydrogens is 290 g/mol. The number of nitrogens with zero attached hydrogens (tertiary/aromatic N) is 1. The highest BCUT2D eigenvalue weighted by Gasteiger charge is 2.20. The maximum absolute atomic E-state index is 12.2. The van der Waals surface area contributed by atoms with Gasteiger partial charge in [-0.05, 0) is 37.1 Å².